The number of rotatable bonds is 11. The summed E-state index contributed by atoms with van der Waals surface area (Å²) in [6, 6.07) is 4.88. The summed E-state index contributed by atoms with van der Waals surface area (Å²) in [6.07, 6.45) is 4.26. The van der Waals surface area contributed by atoms with Crippen LogP contribution in [0.25, 0.3) is 0 Å². The van der Waals surface area contributed by atoms with Crippen LogP contribution in [-0.2, 0) is 24.0 Å². The lowest BCUT2D eigenvalue weighted by Crippen LogP contribution is -2.63. The number of amides is 5. The van der Waals surface area contributed by atoms with Gasteiger partial charge in [-0.2, -0.15) is 0 Å². The van der Waals surface area contributed by atoms with Gasteiger partial charge in [-0.05, 0) is 59.0 Å². The van der Waals surface area contributed by atoms with Crippen molar-refractivity contribution in [2.45, 2.75) is 135 Å². The van der Waals surface area contributed by atoms with Crippen LogP contribution in [0.2, 0.25) is 0 Å². The Morgan fingerprint density at radius 3 is 2.23 bits per heavy atom. The third kappa shape index (κ3) is 12.0. The Labute approximate surface area is 369 Å². The van der Waals surface area contributed by atoms with Gasteiger partial charge in [0.05, 0.1) is 23.2 Å². The summed E-state index contributed by atoms with van der Waals surface area (Å²) in [4.78, 5) is 82.7. The molecule has 13 nitrogen and oxygen atoms in total. The fraction of sp³-hybridized carbons (Fsp3) is 0.659. The van der Waals surface area contributed by atoms with Crippen molar-refractivity contribution in [2.75, 3.05) is 24.6 Å². The summed E-state index contributed by atoms with van der Waals surface area (Å²) < 4.78 is 0.307. The molecule has 8 atom stereocenters. The van der Waals surface area contributed by atoms with E-state index in [0.29, 0.717) is 24.0 Å². The van der Waals surface area contributed by atoms with Crippen LogP contribution < -0.4 is 26.6 Å². The predicted octanol–water partition coefficient (Wildman–Crippen LogP) is 5.50. The molecule has 0 radical (unpaired) electrons. The highest BCUT2D eigenvalue weighted by molar-refractivity contribution is 8.17. The molecule has 3 fully saturated rings. The Morgan fingerprint density at radius 1 is 0.950 bits per heavy atom. The molecule has 16 heteroatoms. The normalized spacial score (nSPS) is 25.1. The predicted molar refractivity (Wildman–Crippen MR) is 244 cm³/mol. The summed E-state index contributed by atoms with van der Waals surface area (Å²) in [5, 5.41) is 18.5. The molecule has 0 spiro atoms. The number of nitrogens with one attached hydrogen (secondary N) is 5. The minimum absolute atomic E-state index is 0.0949. The molecule has 0 bridgehead atoms. The van der Waals surface area contributed by atoms with E-state index in [2.05, 4.69) is 31.6 Å². The molecular weight excluding hydrogens is 817 g/mol. The third-order valence-corrected chi connectivity index (χ3v) is 15.4. The first kappa shape index (κ1) is 47.4. The van der Waals surface area contributed by atoms with Gasteiger partial charge in [-0.1, -0.05) is 99.6 Å². The zero-order valence-corrected chi connectivity index (χ0v) is 39.3. The topological polar surface area (TPSA) is 174 Å². The number of fused-ring (bicyclic) bond motifs is 1. The standard InChI is InChI=1S/C44H66N8O5S3/c1-25(2)32-38(54)51-35(43(5,6)7)37(46-24-30(53)52-19-17-26(3)34(52)40(56)48-32)50-36(44(8,9)10)41(57)49-33(27(4)28-15-12-11-13-16-28)39(55)47-29(42-45-18-22-60-42)23-31-58-20-14-21-59-31/h11-13,15-16,18,22,25-27,29,31-36H,14,17,19-21,23-24H2,1-10H3,(H,46,50)(H,47,55)(H,48,56)(H,49,57)(H,51,54)/t26-,27+,29-,32+,33?,34+,35?,36?/m1/s1. The summed E-state index contributed by atoms with van der Waals surface area (Å²) >= 11 is 5.32. The number of amidine groups is 1. The first-order valence-electron chi connectivity index (χ1n) is 21.3. The highest BCUT2D eigenvalue weighted by atomic mass is 32.2. The second-order valence-electron chi connectivity index (χ2n) is 18.8. The molecule has 3 saturated heterocycles. The Kier molecular flexibility index (Phi) is 16.2. The Morgan fingerprint density at radius 2 is 1.63 bits per heavy atom. The zero-order chi connectivity index (χ0) is 43.9. The van der Waals surface area contributed by atoms with Gasteiger partial charge in [-0.3, -0.25) is 29.0 Å². The monoisotopic (exact) mass is 882 g/mol. The van der Waals surface area contributed by atoms with Crippen LogP contribution >= 0.6 is 34.9 Å². The summed E-state index contributed by atoms with van der Waals surface area (Å²) in [6.45, 7) is 19.4. The quantitative estimate of drug-likeness (QED) is 0.195. The molecule has 4 heterocycles. The molecule has 5 N–H and O–H groups in total. The highest BCUT2D eigenvalue weighted by Crippen LogP contribution is 2.37. The average Bonchev–Trinajstić information content (AvgIpc) is 3.87. The number of nitrogens with zero attached hydrogens (tertiary/aromatic N) is 3. The minimum atomic E-state index is -1.06. The lowest BCUT2D eigenvalue weighted by Gasteiger charge is -2.38. The number of hydrogen-bond acceptors (Lipinski definition) is 10. The number of thioether (sulfide) groups is 2. The van der Waals surface area contributed by atoms with E-state index in [9.17, 15) is 24.0 Å². The van der Waals surface area contributed by atoms with Gasteiger partial charge in [0.1, 0.15) is 35.0 Å². The molecule has 60 heavy (non-hydrogen) atoms. The number of hydrogen-bond donors (Lipinski definition) is 5. The van der Waals surface area contributed by atoms with Crippen molar-refractivity contribution in [2.24, 2.45) is 27.7 Å². The van der Waals surface area contributed by atoms with Gasteiger partial charge < -0.3 is 31.5 Å². The van der Waals surface area contributed by atoms with E-state index in [0.717, 1.165) is 28.5 Å². The number of benzene rings is 1. The first-order chi connectivity index (χ1) is 28.3. The van der Waals surface area contributed by atoms with E-state index >= 15 is 0 Å². The van der Waals surface area contributed by atoms with E-state index in [-0.39, 0.29) is 53.9 Å². The van der Waals surface area contributed by atoms with Crippen LogP contribution in [0.1, 0.15) is 111 Å². The molecular formula is C44H66N8O5S3. The van der Waals surface area contributed by atoms with Crippen LogP contribution in [0.5, 0.6) is 0 Å². The van der Waals surface area contributed by atoms with Crippen LogP contribution in [0.3, 0.4) is 0 Å². The molecule has 330 valence electrons. The molecule has 5 amide bonds. The zero-order valence-electron chi connectivity index (χ0n) is 36.9. The highest BCUT2D eigenvalue weighted by Gasteiger charge is 2.44. The lowest BCUT2D eigenvalue weighted by molar-refractivity contribution is -0.140. The first-order valence-corrected chi connectivity index (χ1v) is 24.2. The van der Waals surface area contributed by atoms with Crippen LogP contribution in [0, 0.1) is 22.7 Å². The fourth-order valence-corrected chi connectivity index (χ4v) is 11.6. The van der Waals surface area contributed by atoms with Crippen LogP contribution in [0.15, 0.2) is 46.9 Å². The second kappa shape index (κ2) is 20.5. The molecule has 1 aromatic heterocycles. The summed E-state index contributed by atoms with van der Waals surface area (Å²) in [5.74, 6) is -0.165. The van der Waals surface area contributed by atoms with Crippen LogP contribution in [0.4, 0.5) is 0 Å². The Hall–Kier alpha value is -3.63. The number of thiazole rings is 1. The number of aromatic nitrogens is 1. The Balaban J connectivity index is 1.53. The minimum Gasteiger partial charge on any atom is -0.363 e. The van der Waals surface area contributed by atoms with Crippen molar-refractivity contribution in [3.63, 3.8) is 0 Å². The second-order valence-corrected chi connectivity index (χ2v) is 22.7. The molecule has 0 aliphatic carbocycles. The van der Waals surface area contributed by atoms with Crippen molar-refractivity contribution >= 4 is 70.2 Å². The molecule has 5 rings (SSSR count). The van der Waals surface area contributed by atoms with Gasteiger partial charge in [0, 0.05) is 24.0 Å². The molecule has 3 aliphatic heterocycles. The molecule has 3 unspecified atom stereocenters. The van der Waals surface area contributed by atoms with E-state index in [1.54, 1.807) is 11.1 Å². The van der Waals surface area contributed by atoms with Gasteiger partial charge in [-0.15, -0.1) is 34.9 Å². The average molecular weight is 883 g/mol. The molecule has 3 aliphatic rings. The summed E-state index contributed by atoms with van der Waals surface area (Å²) in [7, 11) is 0. The maximum Gasteiger partial charge on any atom is 0.246 e. The van der Waals surface area contributed by atoms with E-state index in [1.807, 2.05) is 128 Å². The van der Waals surface area contributed by atoms with Gasteiger partial charge in [0.2, 0.25) is 29.5 Å². The van der Waals surface area contributed by atoms with Gasteiger partial charge >= 0.3 is 0 Å². The van der Waals surface area contributed by atoms with Gasteiger partial charge in [0.25, 0.3) is 0 Å². The van der Waals surface area contributed by atoms with Gasteiger partial charge in [-0.25, -0.2) is 4.98 Å². The maximum absolute atomic E-state index is 14.9. The van der Waals surface area contributed by atoms with Crippen molar-refractivity contribution in [3.8, 4) is 0 Å². The van der Waals surface area contributed by atoms with Crippen molar-refractivity contribution < 1.29 is 24.0 Å². The lowest BCUT2D eigenvalue weighted by atomic mass is 9.83. The largest absolute Gasteiger partial charge is 0.363 e. The number of carbonyl (C=O) groups excluding carboxylic acids is 5. The fourth-order valence-electron chi connectivity index (χ4n) is 7.96. The Bertz CT molecular complexity index is 1820. The third-order valence-electron chi connectivity index (χ3n) is 11.5. The maximum atomic E-state index is 14.9. The molecule has 2 aromatic rings. The smallest absolute Gasteiger partial charge is 0.246 e. The van der Waals surface area contributed by atoms with Gasteiger partial charge in [0.15, 0.2) is 0 Å². The van der Waals surface area contributed by atoms with E-state index in [4.69, 9.17) is 4.99 Å². The van der Waals surface area contributed by atoms with Crippen molar-refractivity contribution in [1.29, 1.82) is 0 Å². The van der Waals surface area contributed by atoms with Crippen LogP contribution in [-0.4, -0.2) is 105 Å². The number of aliphatic imine (C=N–C) groups is 1. The summed E-state index contributed by atoms with van der Waals surface area (Å²) in [5.41, 5.74) is -0.552. The number of carbonyl (C=O) groups is 5. The molecule has 0 saturated carbocycles. The van der Waals surface area contributed by atoms with E-state index in [1.165, 1.54) is 11.3 Å². The van der Waals surface area contributed by atoms with Crippen molar-refractivity contribution in [3.05, 3.63) is 52.5 Å². The van der Waals surface area contributed by atoms with Crippen molar-refractivity contribution in [1.82, 2.24) is 36.5 Å². The van der Waals surface area contributed by atoms with E-state index < -0.39 is 52.9 Å². The molecule has 1 aromatic carbocycles. The SMILES string of the molecule is CC(C)[C@@H]1NC(=O)[C@@H]2[C@H](C)CCN2C(=O)CN/C(=N\C(C(=O)NC(C(=O)N[C@H](CC2SCCCS2)c2nccs2)[C@@H](C)c2ccccc2)C(C)(C)C)C(C(C)(C)C)NC1=O.